The van der Waals surface area contributed by atoms with E-state index in [9.17, 15) is 9.59 Å². The quantitative estimate of drug-likeness (QED) is 0.458. The van der Waals surface area contributed by atoms with Crippen molar-refractivity contribution in [2.75, 3.05) is 26.2 Å². The standard InChI is InChI=1S/C28H28N4O2/c1-3-26-25(19-29-32(26)22-13-11-20(2)12-14-22)28(34)31-17-15-30(16-18-31)27(33)24-10-6-8-21-7-4-5-9-23(21)24/h4-14,19H,3,15-18H2,1-2H3. The Bertz CT molecular complexity index is 1340. The van der Waals surface area contributed by atoms with Crippen LogP contribution in [0.2, 0.25) is 0 Å². The van der Waals surface area contributed by atoms with Crippen molar-refractivity contribution >= 4 is 22.6 Å². The molecule has 0 atom stereocenters. The van der Waals surface area contributed by atoms with Crippen molar-refractivity contribution < 1.29 is 9.59 Å². The molecule has 6 nitrogen and oxygen atoms in total. The van der Waals surface area contributed by atoms with Gasteiger partial charge in [0.15, 0.2) is 0 Å². The lowest BCUT2D eigenvalue weighted by Gasteiger charge is -2.35. The Hall–Kier alpha value is -3.93. The van der Waals surface area contributed by atoms with E-state index in [-0.39, 0.29) is 11.8 Å². The molecule has 6 heteroatoms. The van der Waals surface area contributed by atoms with E-state index >= 15 is 0 Å². The predicted molar refractivity (Wildman–Crippen MR) is 133 cm³/mol. The van der Waals surface area contributed by atoms with Crippen LogP contribution in [0.25, 0.3) is 16.5 Å². The van der Waals surface area contributed by atoms with Crippen LogP contribution >= 0.6 is 0 Å². The zero-order chi connectivity index (χ0) is 23.7. The number of hydrogen-bond acceptors (Lipinski definition) is 3. The summed E-state index contributed by atoms with van der Waals surface area (Å²) < 4.78 is 1.85. The van der Waals surface area contributed by atoms with Gasteiger partial charge in [-0.2, -0.15) is 5.10 Å². The molecule has 2 heterocycles. The van der Waals surface area contributed by atoms with Crippen molar-refractivity contribution in [2.45, 2.75) is 20.3 Å². The van der Waals surface area contributed by atoms with E-state index in [4.69, 9.17) is 0 Å². The minimum absolute atomic E-state index is 0.0188. The molecule has 4 aromatic rings. The second kappa shape index (κ2) is 9.14. The van der Waals surface area contributed by atoms with Crippen molar-refractivity contribution in [1.29, 1.82) is 0 Å². The van der Waals surface area contributed by atoms with E-state index in [0.717, 1.165) is 22.2 Å². The first-order valence-electron chi connectivity index (χ1n) is 11.8. The van der Waals surface area contributed by atoms with Crippen molar-refractivity contribution in [1.82, 2.24) is 19.6 Å². The van der Waals surface area contributed by atoms with Crippen LogP contribution in [0.4, 0.5) is 0 Å². The molecule has 1 fully saturated rings. The molecular weight excluding hydrogens is 424 g/mol. The summed E-state index contributed by atoms with van der Waals surface area (Å²) in [6.07, 6.45) is 2.38. The van der Waals surface area contributed by atoms with Crippen LogP contribution in [0.1, 0.15) is 38.9 Å². The zero-order valence-corrected chi connectivity index (χ0v) is 19.6. The lowest BCUT2D eigenvalue weighted by atomic mass is 10.0. The SMILES string of the molecule is CCc1c(C(=O)N2CCN(C(=O)c3cccc4ccccc34)CC2)cnn1-c1ccc(C)cc1. The normalized spacial score (nSPS) is 13.9. The van der Waals surface area contributed by atoms with Crippen LogP contribution in [0.5, 0.6) is 0 Å². The van der Waals surface area contributed by atoms with E-state index < -0.39 is 0 Å². The number of benzene rings is 3. The monoisotopic (exact) mass is 452 g/mol. The molecule has 1 aliphatic heterocycles. The van der Waals surface area contributed by atoms with Crippen LogP contribution in [0.15, 0.2) is 72.9 Å². The second-order valence-electron chi connectivity index (χ2n) is 8.72. The Morgan fingerprint density at radius 2 is 1.41 bits per heavy atom. The topological polar surface area (TPSA) is 58.4 Å². The molecule has 0 bridgehead atoms. The van der Waals surface area contributed by atoms with Gasteiger partial charge in [-0.3, -0.25) is 9.59 Å². The number of rotatable bonds is 4. The fourth-order valence-electron chi connectivity index (χ4n) is 4.67. The smallest absolute Gasteiger partial charge is 0.257 e. The number of hydrogen-bond donors (Lipinski definition) is 0. The fraction of sp³-hybridized carbons (Fsp3) is 0.250. The van der Waals surface area contributed by atoms with Crippen molar-refractivity contribution in [2.24, 2.45) is 0 Å². The third-order valence-corrected chi connectivity index (χ3v) is 6.59. The van der Waals surface area contributed by atoms with Crippen LogP contribution in [0, 0.1) is 6.92 Å². The van der Waals surface area contributed by atoms with Crippen molar-refractivity contribution in [3.63, 3.8) is 0 Å². The van der Waals surface area contributed by atoms with Crippen LogP contribution in [-0.4, -0.2) is 57.6 Å². The first kappa shape index (κ1) is 21.9. The van der Waals surface area contributed by atoms with E-state index in [0.29, 0.717) is 43.7 Å². The van der Waals surface area contributed by atoms with Gasteiger partial charge in [0, 0.05) is 31.7 Å². The third kappa shape index (κ3) is 3.96. The highest BCUT2D eigenvalue weighted by molar-refractivity contribution is 6.07. The maximum atomic E-state index is 13.4. The summed E-state index contributed by atoms with van der Waals surface area (Å²) in [6, 6.07) is 21.9. The maximum absolute atomic E-state index is 13.4. The molecule has 0 N–H and O–H groups in total. The van der Waals surface area contributed by atoms with Gasteiger partial charge in [-0.05, 0) is 42.3 Å². The Kier molecular flexibility index (Phi) is 5.88. The Morgan fingerprint density at radius 1 is 0.794 bits per heavy atom. The molecule has 1 aromatic heterocycles. The van der Waals surface area contributed by atoms with Gasteiger partial charge < -0.3 is 9.80 Å². The van der Waals surface area contributed by atoms with Gasteiger partial charge >= 0.3 is 0 Å². The molecule has 172 valence electrons. The number of fused-ring (bicyclic) bond motifs is 1. The molecule has 0 spiro atoms. The molecule has 1 saturated heterocycles. The Balaban J connectivity index is 1.31. The van der Waals surface area contributed by atoms with Gasteiger partial charge in [-0.15, -0.1) is 0 Å². The van der Waals surface area contributed by atoms with Crippen LogP contribution in [-0.2, 0) is 6.42 Å². The van der Waals surface area contributed by atoms with Crippen molar-refractivity contribution in [3.05, 3.63) is 95.3 Å². The second-order valence-corrected chi connectivity index (χ2v) is 8.72. The van der Waals surface area contributed by atoms with Gasteiger partial charge in [0.2, 0.25) is 0 Å². The largest absolute Gasteiger partial charge is 0.335 e. The number of nitrogens with zero attached hydrogens (tertiary/aromatic N) is 4. The summed E-state index contributed by atoms with van der Waals surface area (Å²) >= 11 is 0. The molecule has 0 radical (unpaired) electrons. The molecule has 2 amide bonds. The van der Waals surface area contributed by atoms with Gasteiger partial charge in [-0.25, -0.2) is 4.68 Å². The minimum atomic E-state index is -0.0209. The lowest BCUT2D eigenvalue weighted by Crippen LogP contribution is -2.50. The maximum Gasteiger partial charge on any atom is 0.257 e. The van der Waals surface area contributed by atoms with Gasteiger partial charge in [-0.1, -0.05) is 61.0 Å². The number of piperazine rings is 1. The third-order valence-electron chi connectivity index (χ3n) is 6.59. The number of aryl methyl sites for hydroxylation is 1. The Labute approximate surface area is 199 Å². The number of carbonyl (C=O) groups excluding carboxylic acids is 2. The molecule has 34 heavy (non-hydrogen) atoms. The summed E-state index contributed by atoms with van der Waals surface area (Å²) in [5.41, 5.74) is 4.39. The summed E-state index contributed by atoms with van der Waals surface area (Å²) in [5, 5.41) is 6.54. The number of aromatic nitrogens is 2. The molecule has 0 aliphatic carbocycles. The average molecular weight is 453 g/mol. The summed E-state index contributed by atoms with van der Waals surface area (Å²) in [7, 11) is 0. The minimum Gasteiger partial charge on any atom is -0.335 e. The van der Waals surface area contributed by atoms with Gasteiger partial charge in [0.1, 0.15) is 0 Å². The summed E-state index contributed by atoms with van der Waals surface area (Å²) in [4.78, 5) is 30.3. The average Bonchev–Trinajstić information content (AvgIpc) is 3.32. The van der Waals surface area contributed by atoms with Crippen LogP contribution in [0.3, 0.4) is 0 Å². The molecular formula is C28H28N4O2. The highest BCUT2D eigenvalue weighted by Crippen LogP contribution is 2.22. The molecule has 5 rings (SSSR count). The number of amides is 2. The molecule has 1 aliphatic rings. The molecule has 3 aromatic carbocycles. The zero-order valence-electron chi connectivity index (χ0n) is 19.6. The van der Waals surface area contributed by atoms with Crippen molar-refractivity contribution in [3.8, 4) is 5.69 Å². The van der Waals surface area contributed by atoms with E-state index in [1.54, 1.807) is 6.20 Å². The summed E-state index contributed by atoms with van der Waals surface area (Å²) in [6.45, 7) is 6.14. The van der Waals surface area contributed by atoms with E-state index in [1.165, 1.54) is 5.56 Å². The lowest BCUT2D eigenvalue weighted by molar-refractivity contribution is 0.0536. The number of carbonyl (C=O) groups is 2. The predicted octanol–water partition coefficient (Wildman–Crippen LogP) is 4.49. The fourth-order valence-corrected chi connectivity index (χ4v) is 4.67. The van der Waals surface area contributed by atoms with E-state index in [2.05, 4.69) is 5.10 Å². The first-order chi connectivity index (χ1) is 16.6. The van der Waals surface area contributed by atoms with E-state index in [1.807, 2.05) is 95.1 Å². The summed E-state index contributed by atoms with van der Waals surface area (Å²) in [5.74, 6) is -0.00203. The highest BCUT2D eigenvalue weighted by Gasteiger charge is 2.28. The molecule has 0 unspecified atom stereocenters. The molecule has 0 saturated carbocycles. The Morgan fingerprint density at radius 3 is 2.09 bits per heavy atom. The highest BCUT2D eigenvalue weighted by atomic mass is 16.2. The van der Waals surface area contributed by atoms with Crippen LogP contribution < -0.4 is 0 Å². The van der Waals surface area contributed by atoms with Gasteiger partial charge in [0.25, 0.3) is 11.8 Å². The first-order valence-corrected chi connectivity index (χ1v) is 11.8. The van der Waals surface area contributed by atoms with Gasteiger partial charge in [0.05, 0.1) is 23.1 Å².